The first-order valence-corrected chi connectivity index (χ1v) is 5.33. The van der Waals surface area contributed by atoms with Gasteiger partial charge < -0.3 is 9.92 Å². The summed E-state index contributed by atoms with van der Waals surface area (Å²) in [7, 11) is -4.99. The molecular weight excluding hydrogens is 229 g/mol. The molecule has 7 heteroatoms. The minimum absolute atomic E-state index is 0.138. The van der Waals surface area contributed by atoms with Crippen molar-refractivity contribution in [3.05, 3.63) is 23.8 Å². The van der Waals surface area contributed by atoms with Gasteiger partial charge >= 0.3 is 10.5 Å². The molecule has 0 amide bonds. The third-order valence-electron chi connectivity index (χ3n) is 1.38. The van der Waals surface area contributed by atoms with Crippen LogP contribution in [0.5, 0.6) is 5.75 Å². The van der Waals surface area contributed by atoms with Crippen LogP contribution in [0, 0.1) is 0 Å². The van der Waals surface area contributed by atoms with E-state index in [1.54, 1.807) is 6.07 Å². The van der Waals surface area contributed by atoms with Gasteiger partial charge in [-0.2, -0.15) is 8.42 Å². The van der Waals surface area contributed by atoms with Crippen LogP contribution >= 0.6 is 12.6 Å². The summed E-state index contributed by atoms with van der Waals surface area (Å²) in [4.78, 5) is 0.451. The topological polar surface area (TPSA) is 69.4 Å². The summed E-state index contributed by atoms with van der Waals surface area (Å²) in [5.41, 5.74) is 5.93. The van der Waals surface area contributed by atoms with E-state index in [-0.39, 0.29) is 12.3 Å². The van der Waals surface area contributed by atoms with E-state index in [1.165, 1.54) is 12.1 Å². The largest absolute Gasteiger partial charge is 0.488 e. The van der Waals surface area contributed by atoms with Crippen LogP contribution in [0.4, 0.5) is 3.89 Å². The molecule has 0 aromatic heterocycles. The van der Waals surface area contributed by atoms with E-state index in [9.17, 15) is 12.3 Å². The molecule has 0 aliphatic rings. The molecular formula is C7H8FNO3S2. The molecule has 0 aliphatic carbocycles. The van der Waals surface area contributed by atoms with Crippen LogP contribution in [-0.4, -0.2) is 8.42 Å². The van der Waals surface area contributed by atoms with E-state index in [1.807, 2.05) is 0 Å². The SMILES string of the molecule is NCc1cc(S)cc(OS(=O)(=O)F)c1. The Balaban J connectivity index is 3.04. The van der Waals surface area contributed by atoms with Crippen LogP contribution in [0.15, 0.2) is 23.1 Å². The molecule has 0 saturated carbocycles. The Morgan fingerprint density at radius 2 is 2.07 bits per heavy atom. The first-order valence-electron chi connectivity index (χ1n) is 3.58. The van der Waals surface area contributed by atoms with Crippen LogP contribution < -0.4 is 9.92 Å². The highest BCUT2D eigenvalue weighted by atomic mass is 32.3. The summed E-state index contributed by atoms with van der Waals surface area (Å²) < 4.78 is 36.5. The molecule has 1 aromatic rings. The number of hydrogen-bond donors (Lipinski definition) is 2. The smallest absolute Gasteiger partial charge is 0.358 e. The first-order chi connectivity index (χ1) is 6.40. The maximum atomic E-state index is 12.1. The lowest BCUT2D eigenvalue weighted by Gasteiger charge is -2.03. The second kappa shape index (κ2) is 4.16. The Kier molecular flexibility index (Phi) is 3.35. The van der Waals surface area contributed by atoms with Crippen LogP contribution in [0.25, 0.3) is 0 Å². The Hall–Kier alpha value is -0.790. The van der Waals surface area contributed by atoms with Crippen molar-refractivity contribution in [2.45, 2.75) is 11.4 Å². The summed E-state index contributed by atoms with van der Waals surface area (Å²) in [5.74, 6) is -0.138. The third-order valence-corrected chi connectivity index (χ3v) is 2.03. The molecule has 14 heavy (non-hydrogen) atoms. The molecule has 0 saturated heterocycles. The van der Waals surface area contributed by atoms with E-state index in [0.717, 1.165) is 0 Å². The van der Waals surface area contributed by atoms with E-state index >= 15 is 0 Å². The van der Waals surface area contributed by atoms with Crippen molar-refractivity contribution in [3.63, 3.8) is 0 Å². The molecule has 0 atom stereocenters. The van der Waals surface area contributed by atoms with Crippen molar-refractivity contribution in [1.29, 1.82) is 0 Å². The quantitative estimate of drug-likeness (QED) is 0.608. The maximum absolute atomic E-state index is 12.1. The third kappa shape index (κ3) is 3.52. The van der Waals surface area contributed by atoms with Crippen molar-refractivity contribution in [2.75, 3.05) is 0 Å². The van der Waals surface area contributed by atoms with Gasteiger partial charge in [-0.1, -0.05) is 3.89 Å². The van der Waals surface area contributed by atoms with Gasteiger partial charge in [0.05, 0.1) is 0 Å². The molecule has 0 aliphatic heterocycles. The molecule has 1 aromatic carbocycles. The average molecular weight is 237 g/mol. The van der Waals surface area contributed by atoms with Crippen LogP contribution in [-0.2, 0) is 17.0 Å². The summed E-state index contributed by atoms with van der Waals surface area (Å²) in [6, 6.07) is 4.23. The van der Waals surface area contributed by atoms with Gasteiger partial charge in [0, 0.05) is 11.4 Å². The van der Waals surface area contributed by atoms with Gasteiger partial charge in [-0.3, -0.25) is 0 Å². The number of hydrogen-bond acceptors (Lipinski definition) is 5. The predicted molar refractivity (Wildman–Crippen MR) is 52.2 cm³/mol. The van der Waals surface area contributed by atoms with Gasteiger partial charge in [0.25, 0.3) is 0 Å². The molecule has 0 spiro atoms. The normalized spacial score (nSPS) is 11.4. The molecule has 0 bridgehead atoms. The molecule has 2 N–H and O–H groups in total. The van der Waals surface area contributed by atoms with Gasteiger partial charge in [0.2, 0.25) is 0 Å². The Morgan fingerprint density at radius 3 is 2.57 bits per heavy atom. The summed E-state index contributed by atoms with van der Waals surface area (Å²) in [6.45, 7) is 0.192. The zero-order chi connectivity index (χ0) is 10.8. The van der Waals surface area contributed by atoms with Crippen molar-refractivity contribution in [1.82, 2.24) is 0 Å². The van der Waals surface area contributed by atoms with Crippen molar-refractivity contribution in [2.24, 2.45) is 5.73 Å². The van der Waals surface area contributed by atoms with E-state index in [4.69, 9.17) is 5.73 Å². The van der Waals surface area contributed by atoms with Crippen molar-refractivity contribution < 1.29 is 16.5 Å². The zero-order valence-electron chi connectivity index (χ0n) is 6.97. The number of nitrogens with two attached hydrogens (primary N) is 1. The van der Waals surface area contributed by atoms with Crippen LogP contribution in [0.1, 0.15) is 5.56 Å². The number of halogens is 1. The fourth-order valence-electron chi connectivity index (χ4n) is 0.924. The lowest BCUT2D eigenvalue weighted by atomic mass is 10.2. The zero-order valence-corrected chi connectivity index (χ0v) is 8.69. The molecule has 4 nitrogen and oxygen atoms in total. The average Bonchev–Trinajstić information content (AvgIpc) is 1.99. The Labute approximate surface area is 86.7 Å². The van der Waals surface area contributed by atoms with Crippen LogP contribution in [0.2, 0.25) is 0 Å². The highest BCUT2D eigenvalue weighted by Gasteiger charge is 2.10. The second-order valence-electron chi connectivity index (χ2n) is 2.52. The molecule has 1 rings (SSSR count). The van der Waals surface area contributed by atoms with Gasteiger partial charge in [0.15, 0.2) is 0 Å². The lowest BCUT2D eigenvalue weighted by Crippen LogP contribution is -2.03. The van der Waals surface area contributed by atoms with E-state index < -0.39 is 10.5 Å². The molecule has 78 valence electrons. The van der Waals surface area contributed by atoms with E-state index in [0.29, 0.717) is 10.5 Å². The Morgan fingerprint density at radius 1 is 1.43 bits per heavy atom. The second-order valence-corrected chi connectivity index (χ2v) is 3.99. The Bertz CT molecular complexity index is 433. The van der Waals surface area contributed by atoms with Crippen molar-refractivity contribution >= 4 is 23.1 Å². The molecule has 0 fully saturated rings. The molecule has 0 heterocycles. The van der Waals surface area contributed by atoms with Crippen LogP contribution in [0.3, 0.4) is 0 Å². The van der Waals surface area contributed by atoms with Gasteiger partial charge in [-0.25, -0.2) is 0 Å². The molecule has 0 radical (unpaired) electrons. The van der Waals surface area contributed by atoms with Gasteiger partial charge in [0.1, 0.15) is 5.75 Å². The number of rotatable bonds is 3. The van der Waals surface area contributed by atoms with Gasteiger partial charge in [-0.05, 0) is 23.8 Å². The number of thiol groups is 1. The molecule has 0 unspecified atom stereocenters. The maximum Gasteiger partial charge on any atom is 0.488 e. The number of benzene rings is 1. The first kappa shape index (κ1) is 11.3. The van der Waals surface area contributed by atoms with Gasteiger partial charge in [-0.15, -0.1) is 12.6 Å². The summed E-state index contributed by atoms with van der Waals surface area (Å²) in [6.07, 6.45) is 0. The van der Waals surface area contributed by atoms with Crippen molar-refractivity contribution in [3.8, 4) is 5.75 Å². The standard InChI is InChI=1S/C7H8FNO3S2/c8-14(10,11)12-6-1-5(4-9)2-7(13)3-6/h1-3,13H,4,9H2. The fourth-order valence-corrected chi connectivity index (χ4v) is 1.54. The highest BCUT2D eigenvalue weighted by molar-refractivity contribution is 7.81. The van der Waals surface area contributed by atoms with E-state index in [2.05, 4.69) is 16.8 Å². The summed E-state index contributed by atoms with van der Waals surface area (Å²) in [5, 5.41) is 0. The summed E-state index contributed by atoms with van der Waals surface area (Å²) >= 11 is 3.97. The fraction of sp³-hybridized carbons (Fsp3) is 0.143. The predicted octanol–water partition coefficient (Wildman–Crippen LogP) is 1.03. The minimum Gasteiger partial charge on any atom is -0.358 e. The highest BCUT2D eigenvalue weighted by Crippen LogP contribution is 2.21. The monoisotopic (exact) mass is 237 g/mol. The lowest BCUT2D eigenvalue weighted by molar-refractivity contribution is 0.439. The minimum atomic E-state index is -4.99.